The molecule has 0 saturated heterocycles. The minimum absolute atomic E-state index is 0.0171. The van der Waals surface area contributed by atoms with Crippen molar-refractivity contribution in [3.8, 4) is 16.9 Å². The molecule has 154 valence electrons. The third-order valence-corrected chi connectivity index (χ3v) is 5.58. The number of nitrogens with zero attached hydrogens (tertiary/aromatic N) is 1. The molecule has 2 atom stereocenters. The maximum Gasteiger partial charge on any atom is 0.335 e. The van der Waals surface area contributed by atoms with E-state index in [2.05, 4.69) is 4.99 Å². The van der Waals surface area contributed by atoms with Crippen LogP contribution in [0.3, 0.4) is 0 Å². The molecule has 1 fully saturated rings. The first-order valence-corrected chi connectivity index (χ1v) is 10.1. The Morgan fingerprint density at radius 2 is 1.79 bits per heavy atom. The van der Waals surface area contributed by atoms with Crippen LogP contribution in [0.15, 0.2) is 41.4 Å². The molecule has 0 bridgehead atoms. The lowest BCUT2D eigenvalue weighted by Gasteiger charge is -2.29. The van der Waals surface area contributed by atoms with Gasteiger partial charge in [-0.3, -0.25) is 4.99 Å². The fourth-order valence-electron chi connectivity index (χ4n) is 3.78. The lowest BCUT2D eigenvalue weighted by atomic mass is 9.83. The molecule has 5 nitrogen and oxygen atoms in total. The smallest absolute Gasteiger partial charge is 0.335 e. The quantitative estimate of drug-likeness (QED) is 0.764. The molecular formula is C24H29N2O3-. The number of benzene rings is 2. The van der Waals surface area contributed by atoms with Gasteiger partial charge in [0.2, 0.25) is 0 Å². The number of carboxylic acids is 1. The van der Waals surface area contributed by atoms with Gasteiger partial charge in [0, 0.05) is 12.3 Å². The maximum absolute atomic E-state index is 13.1. The van der Waals surface area contributed by atoms with E-state index in [1.807, 2.05) is 32.9 Å². The monoisotopic (exact) mass is 393 g/mol. The normalized spacial score (nSPS) is 20.1. The Morgan fingerprint density at radius 1 is 1.14 bits per heavy atom. The van der Waals surface area contributed by atoms with Gasteiger partial charge >= 0.3 is 5.97 Å². The number of carbonyl (C=O) groups is 1. The van der Waals surface area contributed by atoms with Gasteiger partial charge < -0.3 is 15.9 Å². The predicted molar refractivity (Wildman–Crippen MR) is 115 cm³/mol. The van der Waals surface area contributed by atoms with E-state index >= 15 is 0 Å². The van der Waals surface area contributed by atoms with Crippen molar-refractivity contribution in [1.82, 2.24) is 0 Å². The topological polar surface area (TPSA) is 98.7 Å². The van der Waals surface area contributed by atoms with Gasteiger partial charge in [0.25, 0.3) is 0 Å². The lowest BCUT2D eigenvalue weighted by molar-refractivity contribution is -0.270. The summed E-state index contributed by atoms with van der Waals surface area (Å²) in [6.45, 7) is 6.04. The first-order valence-electron chi connectivity index (χ1n) is 10.1. The zero-order valence-corrected chi connectivity index (χ0v) is 17.3. The van der Waals surface area contributed by atoms with E-state index in [1.165, 1.54) is 0 Å². The third-order valence-electron chi connectivity index (χ3n) is 5.58. The van der Waals surface area contributed by atoms with Gasteiger partial charge in [0.05, 0.1) is 11.6 Å². The van der Waals surface area contributed by atoms with Crippen LogP contribution in [0.25, 0.3) is 11.1 Å². The number of nitrogens with two attached hydrogens (primary N) is 1. The van der Waals surface area contributed by atoms with E-state index < -0.39 is 5.97 Å². The Bertz CT molecular complexity index is 911. The second-order valence-corrected chi connectivity index (χ2v) is 8.87. The molecule has 3 N–H and O–H groups in total. The number of aromatic carboxylic acids is 1. The van der Waals surface area contributed by atoms with Crippen molar-refractivity contribution in [3.63, 3.8) is 0 Å². The number of carboxylic acid groups (broad SMARTS) is 1. The molecule has 0 amide bonds. The molecular weight excluding hydrogens is 364 g/mol. The largest absolute Gasteiger partial charge is 0.872 e. The number of hydrogen-bond donors (Lipinski definition) is 2. The molecule has 1 saturated carbocycles. The minimum atomic E-state index is -0.960. The first-order chi connectivity index (χ1) is 13.7. The summed E-state index contributed by atoms with van der Waals surface area (Å²) in [5.74, 6) is -0.977. The highest BCUT2D eigenvalue weighted by Gasteiger charge is 2.21. The number of hydrogen-bond acceptors (Lipinski definition) is 4. The molecule has 3 rings (SSSR count). The standard InChI is InChI=1S/C24H30N2O3/c1-24(2,3)19-13-17(15-8-10-16(11-9-15)23(28)29)12-18(22(19)27)14-26-21-7-5-4-6-20(21)25/h8-14,20-21,27H,4-7,25H2,1-3H3,(H,28,29)/p-1/t20-,21-/m1/s1. The zero-order chi connectivity index (χ0) is 21.2. The summed E-state index contributed by atoms with van der Waals surface area (Å²) in [6, 6.07) is 10.5. The van der Waals surface area contributed by atoms with Crippen LogP contribution in [0, 0.1) is 0 Å². The second kappa shape index (κ2) is 8.37. The molecule has 1 aliphatic rings. The molecule has 0 aromatic heterocycles. The second-order valence-electron chi connectivity index (χ2n) is 8.87. The van der Waals surface area contributed by atoms with Gasteiger partial charge in [-0.2, -0.15) is 0 Å². The van der Waals surface area contributed by atoms with Crippen LogP contribution in [0.5, 0.6) is 5.75 Å². The summed E-state index contributed by atoms with van der Waals surface area (Å²) >= 11 is 0. The van der Waals surface area contributed by atoms with Gasteiger partial charge in [-0.1, -0.05) is 57.6 Å². The van der Waals surface area contributed by atoms with Gasteiger partial charge in [0.1, 0.15) is 0 Å². The number of aliphatic imine (C=N–C) groups is 1. The maximum atomic E-state index is 13.1. The van der Waals surface area contributed by atoms with Gasteiger partial charge in [-0.15, -0.1) is 0 Å². The van der Waals surface area contributed by atoms with Crippen LogP contribution in [-0.2, 0) is 5.41 Å². The van der Waals surface area contributed by atoms with E-state index in [9.17, 15) is 9.90 Å². The Morgan fingerprint density at radius 3 is 2.38 bits per heavy atom. The van der Waals surface area contributed by atoms with Crippen LogP contribution >= 0.6 is 0 Å². The molecule has 5 heteroatoms. The van der Waals surface area contributed by atoms with Crippen molar-refractivity contribution in [2.24, 2.45) is 10.7 Å². The molecule has 0 heterocycles. The average molecular weight is 394 g/mol. The van der Waals surface area contributed by atoms with Crippen molar-refractivity contribution in [2.75, 3.05) is 0 Å². The summed E-state index contributed by atoms with van der Waals surface area (Å²) in [6.07, 6.45) is 5.85. The number of rotatable bonds is 4. The van der Waals surface area contributed by atoms with Crippen LogP contribution < -0.4 is 10.8 Å². The Hall–Kier alpha value is -2.66. The highest BCUT2D eigenvalue weighted by molar-refractivity contribution is 5.89. The highest BCUT2D eigenvalue weighted by atomic mass is 16.4. The van der Waals surface area contributed by atoms with Gasteiger partial charge in [-0.05, 0) is 58.7 Å². The molecule has 2 aromatic rings. The minimum Gasteiger partial charge on any atom is -0.872 e. The molecule has 29 heavy (non-hydrogen) atoms. The Kier molecular flexibility index (Phi) is 6.08. The van der Waals surface area contributed by atoms with E-state index in [4.69, 9.17) is 10.8 Å². The molecule has 2 aromatic carbocycles. The van der Waals surface area contributed by atoms with E-state index in [0.717, 1.165) is 36.8 Å². The lowest BCUT2D eigenvalue weighted by Crippen LogP contribution is -2.36. The summed E-state index contributed by atoms with van der Waals surface area (Å²) in [5, 5.41) is 22.2. The summed E-state index contributed by atoms with van der Waals surface area (Å²) in [7, 11) is 0. The zero-order valence-electron chi connectivity index (χ0n) is 17.3. The van der Waals surface area contributed by atoms with E-state index in [1.54, 1.807) is 30.5 Å². The molecule has 0 radical (unpaired) electrons. The van der Waals surface area contributed by atoms with Crippen molar-refractivity contribution in [2.45, 2.75) is 64.0 Å². The molecule has 1 aliphatic carbocycles. The van der Waals surface area contributed by atoms with E-state index in [0.29, 0.717) is 11.1 Å². The Labute approximate surface area is 172 Å². The fourth-order valence-corrected chi connectivity index (χ4v) is 3.78. The molecule has 0 unspecified atom stereocenters. The van der Waals surface area contributed by atoms with Crippen molar-refractivity contribution < 1.29 is 15.0 Å². The van der Waals surface area contributed by atoms with E-state index in [-0.39, 0.29) is 28.8 Å². The van der Waals surface area contributed by atoms with Crippen molar-refractivity contribution >= 4 is 12.2 Å². The summed E-state index contributed by atoms with van der Waals surface area (Å²) in [4.78, 5) is 15.8. The average Bonchev–Trinajstić information content (AvgIpc) is 2.67. The highest BCUT2D eigenvalue weighted by Crippen LogP contribution is 2.35. The molecule has 0 aliphatic heterocycles. The summed E-state index contributed by atoms with van der Waals surface area (Å²) < 4.78 is 0. The Balaban J connectivity index is 2.03. The van der Waals surface area contributed by atoms with Crippen molar-refractivity contribution in [1.29, 1.82) is 0 Å². The predicted octanol–water partition coefficient (Wildman–Crippen LogP) is 4.11. The van der Waals surface area contributed by atoms with Crippen LogP contribution in [0.2, 0.25) is 0 Å². The van der Waals surface area contributed by atoms with Crippen molar-refractivity contribution in [3.05, 3.63) is 53.1 Å². The van der Waals surface area contributed by atoms with Crippen LogP contribution in [0.1, 0.15) is 67.9 Å². The molecule has 0 spiro atoms. The first kappa shape index (κ1) is 21.1. The van der Waals surface area contributed by atoms with Crippen LogP contribution in [-0.4, -0.2) is 29.4 Å². The van der Waals surface area contributed by atoms with Gasteiger partial charge in [-0.25, -0.2) is 4.79 Å². The SMILES string of the molecule is CC(C)(C)c1cc(-c2ccc(C(=O)O)cc2)cc(C=N[C@@H]2CCCC[C@H]2N)c1[O-]. The fraction of sp³-hybridized carbons (Fsp3) is 0.417. The van der Waals surface area contributed by atoms with Gasteiger partial charge in [0.15, 0.2) is 0 Å². The summed E-state index contributed by atoms with van der Waals surface area (Å²) in [5.41, 5.74) is 9.12. The third kappa shape index (κ3) is 4.85. The van der Waals surface area contributed by atoms with Crippen LogP contribution in [0.4, 0.5) is 0 Å².